The minimum atomic E-state index is -0.263. The summed E-state index contributed by atoms with van der Waals surface area (Å²) >= 11 is 3.12. The lowest BCUT2D eigenvalue weighted by Gasteiger charge is -2.05. The fraction of sp³-hybridized carbons (Fsp3) is 0.429. The molecule has 1 atom stereocenters. The standard InChI is InChI=1S/C7H8BrFN2/c1-5(8)7(9)6-2-3-10-4-11-6/h3-5H,2H2,1H3/b7-6-/t5-/m1/s1. The van der Waals surface area contributed by atoms with Gasteiger partial charge in [-0.2, -0.15) is 0 Å². The van der Waals surface area contributed by atoms with Crippen LogP contribution in [0, 0.1) is 0 Å². The van der Waals surface area contributed by atoms with Crippen LogP contribution in [0.3, 0.4) is 0 Å². The molecule has 0 amide bonds. The normalized spacial score (nSPS) is 23.5. The Morgan fingerprint density at radius 3 is 3.00 bits per heavy atom. The Kier molecular flexibility index (Phi) is 2.93. The average Bonchev–Trinajstić information content (AvgIpc) is 2.05. The topological polar surface area (TPSA) is 24.7 Å². The number of hydrogen-bond donors (Lipinski definition) is 0. The van der Waals surface area contributed by atoms with Crippen molar-refractivity contribution < 1.29 is 4.39 Å². The number of rotatable bonds is 1. The second-order valence-corrected chi connectivity index (χ2v) is 3.56. The molecule has 11 heavy (non-hydrogen) atoms. The van der Waals surface area contributed by atoms with Crippen LogP contribution < -0.4 is 0 Å². The van der Waals surface area contributed by atoms with E-state index in [0.717, 1.165) is 0 Å². The van der Waals surface area contributed by atoms with Gasteiger partial charge in [-0.1, -0.05) is 15.9 Å². The highest BCUT2D eigenvalue weighted by atomic mass is 79.9. The summed E-state index contributed by atoms with van der Waals surface area (Å²) in [5, 5.41) is 0. The Labute approximate surface area is 73.1 Å². The molecule has 0 fully saturated rings. The molecule has 0 aromatic carbocycles. The maximum atomic E-state index is 13.1. The van der Waals surface area contributed by atoms with Gasteiger partial charge in [-0.05, 0) is 6.92 Å². The second kappa shape index (κ2) is 3.76. The van der Waals surface area contributed by atoms with Crippen molar-refractivity contribution in [1.29, 1.82) is 0 Å². The van der Waals surface area contributed by atoms with Crippen LogP contribution in [0.5, 0.6) is 0 Å². The van der Waals surface area contributed by atoms with Gasteiger partial charge in [0.05, 0.1) is 10.5 Å². The van der Waals surface area contributed by atoms with Gasteiger partial charge >= 0.3 is 0 Å². The van der Waals surface area contributed by atoms with Crippen molar-refractivity contribution >= 4 is 28.5 Å². The molecule has 0 aromatic heterocycles. The molecule has 4 heteroatoms. The second-order valence-electron chi connectivity index (χ2n) is 2.19. The molecule has 1 aliphatic rings. The zero-order valence-electron chi connectivity index (χ0n) is 6.09. The largest absolute Gasteiger partial charge is 0.249 e. The van der Waals surface area contributed by atoms with E-state index < -0.39 is 0 Å². The average molecular weight is 219 g/mol. The van der Waals surface area contributed by atoms with Crippen molar-refractivity contribution in [2.24, 2.45) is 9.98 Å². The SMILES string of the molecule is C[C@@H](Br)/C(F)=C1\CC=NC=N1. The lowest BCUT2D eigenvalue weighted by molar-refractivity contribution is 0.597. The summed E-state index contributed by atoms with van der Waals surface area (Å²) in [6.45, 7) is 1.73. The molecule has 1 rings (SSSR count). The molecule has 1 heterocycles. The molecular weight excluding hydrogens is 211 g/mol. The highest BCUT2D eigenvalue weighted by Gasteiger charge is 2.10. The van der Waals surface area contributed by atoms with Crippen LogP contribution in [0.25, 0.3) is 0 Å². The monoisotopic (exact) mass is 218 g/mol. The first kappa shape index (κ1) is 8.59. The lowest BCUT2D eigenvalue weighted by Crippen LogP contribution is -1.98. The highest BCUT2D eigenvalue weighted by molar-refractivity contribution is 9.09. The van der Waals surface area contributed by atoms with Crippen LogP contribution in [0.4, 0.5) is 4.39 Å². The van der Waals surface area contributed by atoms with E-state index >= 15 is 0 Å². The molecule has 0 aliphatic carbocycles. The molecule has 0 saturated heterocycles. The molecule has 60 valence electrons. The maximum Gasteiger partial charge on any atom is 0.135 e. The van der Waals surface area contributed by atoms with Crippen molar-refractivity contribution in [2.45, 2.75) is 18.2 Å². The summed E-state index contributed by atoms with van der Waals surface area (Å²) in [6.07, 6.45) is 3.48. The molecule has 1 aliphatic heterocycles. The first-order valence-electron chi connectivity index (χ1n) is 3.28. The van der Waals surface area contributed by atoms with Gasteiger partial charge in [-0.25, -0.2) is 14.4 Å². The third-order valence-corrected chi connectivity index (χ3v) is 1.70. The summed E-state index contributed by atoms with van der Waals surface area (Å²) in [5.74, 6) is -0.215. The van der Waals surface area contributed by atoms with E-state index in [-0.39, 0.29) is 10.7 Å². The van der Waals surface area contributed by atoms with Crippen LogP contribution in [-0.4, -0.2) is 17.4 Å². The minimum absolute atomic E-state index is 0.215. The minimum Gasteiger partial charge on any atom is -0.249 e. The first-order valence-corrected chi connectivity index (χ1v) is 4.20. The maximum absolute atomic E-state index is 13.1. The highest BCUT2D eigenvalue weighted by Crippen LogP contribution is 2.20. The van der Waals surface area contributed by atoms with E-state index in [1.165, 1.54) is 6.34 Å². The molecular formula is C7H8BrFN2. The molecule has 0 spiro atoms. The summed E-state index contributed by atoms with van der Waals surface area (Å²) in [7, 11) is 0. The third kappa shape index (κ3) is 2.22. The Morgan fingerprint density at radius 2 is 2.55 bits per heavy atom. The van der Waals surface area contributed by atoms with Crippen molar-refractivity contribution in [1.82, 2.24) is 0 Å². The molecule has 0 saturated carbocycles. The zero-order chi connectivity index (χ0) is 8.27. The van der Waals surface area contributed by atoms with E-state index in [0.29, 0.717) is 12.1 Å². The predicted octanol–water partition coefficient (Wildman–Crippen LogP) is 2.45. The summed E-state index contributed by atoms with van der Waals surface area (Å²) in [4.78, 5) is 7.28. The van der Waals surface area contributed by atoms with E-state index in [1.54, 1.807) is 13.1 Å². The lowest BCUT2D eigenvalue weighted by atomic mass is 10.2. The summed E-state index contributed by atoms with van der Waals surface area (Å²) < 4.78 is 13.1. The number of hydrogen-bond acceptors (Lipinski definition) is 2. The molecule has 0 N–H and O–H groups in total. The van der Waals surface area contributed by atoms with Crippen LogP contribution >= 0.6 is 15.9 Å². The van der Waals surface area contributed by atoms with Gasteiger partial charge < -0.3 is 0 Å². The Hall–Kier alpha value is -0.510. The molecule has 0 aromatic rings. The fourth-order valence-electron chi connectivity index (χ4n) is 0.731. The van der Waals surface area contributed by atoms with Gasteiger partial charge in [0.1, 0.15) is 12.2 Å². The van der Waals surface area contributed by atoms with Crippen molar-refractivity contribution in [2.75, 3.05) is 0 Å². The molecule has 2 nitrogen and oxygen atoms in total. The van der Waals surface area contributed by atoms with Crippen LogP contribution in [0.1, 0.15) is 13.3 Å². The van der Waals surface area contributed by atoms with E-state index in [9.17, 15) is 4.39 Å². The molecule has 0 radical (unpaired) electrons. The van der Waals surface area contributed by atoms with Crippen molar-refractivity contribution in [3.05, 3.63) is 11.5 Å². The van der Waals surface area contributed by atoms with Crippen LogP contribution in [0.2, 0.25) is 0 Å². The molecule has 0 unspecified atom stereocenters. The van der Waals surface area contributed by atoms with Gasteiger partial charge in [0.15, 0.2) is 0 Å². The van der Waals surface area contributed by atoms with E-state index in [2.05, 4.69) is 25.9 Å². The van der Waals surface area contributed by atoms with Gasteiger partial charge in [0.25, 0.3) is 0 Å². The predicted molar refractivity (Wildman–Crippen MR) is 48.1 cm³/mol. The number of halogens is 2. The van der Waals surface area contributed by atoms with E-state index in [1.807, 2.05) is 0 Å². The number of aliphatic imine (C=N–C) groups is 2. The smallest absolute Gasteiger partial charge is 0.135 e. The first-order chi connectivity index (χ1) is 5.22. The van der Waals surface area contributed by atoms with Gasteiger partial charge in [0, 0.05) is 12.6 Å². The third-order valence-electron chi connectivity index (χ3n) is 1.30. The van der Waals surface area contributed by atoms with Crippen molar-refractivity contribution in [3.63, 3.8) is 0 Å². The molecule has 0 bridgehead atoms. The Balaban J connectivity index is 2.80. The number of alkyl halides is 1. The quantitative estimate of drug-likeness (QED) is 0.605. The number of nitrogens with zero attached hydrogens (tertiary/aromatic N) is 2. The van der Waals surface area contributed by atoms with Gasteiger partial charge in [-0.3, -0.25) is 0 Å². The number of allylic oxidation sites excluding steroid dienone is 2. The summed E-state index contributed by atoms with van der Waals surface area (Å²) in [6, 6.07) is 0. The zero-order valence-corrected chi connectivity index (χ0v) is 7.68. The van der Waals surface area contributed by atoms with Crippen molar-refractivity contribution in [3.8, 4) is 0 Å². The Bertz CT molecular complexity index is 231. The van der Waals surface area contributed by atoms with Crippen LogP contribution in [-0.2, 0) is 0 Å². The Morgan fingerprint density at radius 1 is 1.82 bits per heavy atom. The summed E-state index contributed by atoms with van der Waals surface area (Å²) in [5.41, 5.74) is 0.462. The van der Waals surface area contributed by atoms with E-state index in [4.69, 9.17) is 0 Å². The van der Waals surface area contributed by atoms with Crippen LogP contribution in [0.15, 0.2) is 21.5 Å². The fourth-order valence-corrected chi connectivity index (χ4v) is 0.995. The van der Waals surface area contributed by atoms with Gasteiger partial charge in [-0.15, -0.1) is 0 Å². The van der Waals surface area contributed by atoms with Gasteiger partial charge in [0.2, 0.25) is 0 Å².